The van der Waals surface area contributed by atoms with Crippen molar-refractivity contribution in [3.8, 4) is 0 Å². The topological polar surface area (TPSA) is 49.3 Å². The number of hydrogen-bond acceptors (Lipinski definition) is 4. The molecule has 2 N–H and O–H groups in total. The van der Waals surface area contributed by atoms with Crippen LogP contribution in [0.5, 0.6) is 0 Å². The van der Waals surface area contributed by atoms with E-state index in [1.165, 1.54) is 5.56 Å². The number of aliphatic imine (C=N–C) groups is 1. The van der Waals surface area contributed by atoms with Gasteiger partial charge in [-0.05, 0) is 25.5 Å². The van der Waals surface area contributed by atoms with Crippen LogP contribution >= 0.6 is 24.0 Å². The number of aryl methyl sites for hydroxylation is 1. The molecule has 4 nitrogen and oxygen atoms in total. The maximum atomic E-state index is 4.32. The molecular formula is C11H17IN4. The van der Waals surface area contributed by atoms with E-state index in [0.29, 0.717) is 6.04 Å². The first-order valence-electron chi connectivity index (χ1n) is 5.20. The second-order valence-electron chi connectivity index (χ2n) is 3.90. The fourth-order valence-corrected chi connectivity index (χ4v) is 1.45. The van der Waals surface area contributed by atoms with Crippen LogP contribution in [-0.4, -0.2) is 23.5 Å². The van der Waals surface area contributed by atoms with Gasteiger partial charge in [0.1, 0.15) is 0 Å². The molecule has 1 aromatic rings. The van der Waals surface area contributed by atoms with Gasteiger partial charge in [0.15, 0.2) is 5.96 Å². The molecule has 1 unspecified atom stereocenters. The molecule has 0 amide bonds. The largest absolute Gasteiger partial charge is 0.352 e. The molecule has 5 heteroatoms. The van der Waals surface area contributed by atoms with Gasteiger partial charge in [0.2, 0.25) is 0 Å². The van der Waals surface area contributed by atoms with E-state index in [2.05, 4.69) is 33.6 Å². The van der Waals surface area contributed by atoms with Gasteiger partial charge < -0.3 is 10.6 Å². The lowest BCUT2D eigenvalue weighted by molar-refractivity contribution is 0.713. The van der Waals surface area contributed by atoms with Crippen molar-refractivity contribution < 1.29 is 0 Å². The quantitative estimate of drug-likeness (QED) is 0.806. The number of pyridine rings is 1. The molecule has 1 aromatic heterocycles. The summed E-state index contributed by atoms with van der Waals surface area (Å²) in [7, 11) is 0. The first kappa shape index (κ1) is 13.2. The molecule has 1 aliphatic rings. The Kier molecular flexibility index (Phi) is 4.98. The zero-order chi connectivity index (χ0) is 10.7. The molecule has 0 fully saturated rings. The number of nitrogens with one attached hydrogen (secondary N) is 2. The van der Waals surface area contributed by atoms with Crippen molar-refractivity contribution in [1.82, 2.24) is 15.6 Å². The lowest BCUT2D eigenvalue weighted by Crippen LogP contribution is -2.37. The summed E-state index contributed by atoms with van der Waals surface area (Å²) in [6.45, 7) is 5.73. The van der Waals surface area contributed by atoms with Crippen molar-refractivity contribution in [3.05, 3.63) is 29.6 Å². The SMILES string of the molecule is Cc1ccc(CNC2=NCC(C)N2)cn1.I. The van der Waals surface area contributed by atoms with Crippen LogP contribution < -0.4 is 10.6 Å². The van der Waals surface area contributed by atoms with Crippen LogP contribution in [0.15, 0.2) is 23.3 Å². The van der Waals surface area contributed by atoms with E-state index in [-0.39, 0.29) is 24.0 Å². The Morgan fingerprint density at radius 1 is 1.50 bits per heavy atom. The molecule has 16 heavy (non-hydrogen) atoms. The average Bonchev–Trinajstić information content (AvgIpc) is 2.64. The van der Waals surface area contributed by atoms with Gasteiger partial charge in [-0.25, -0.2) is 0 Å². The van der Waals surface area contributed by atoms with Crippen LogP contribution in [0, 0.1) is 6.92 Å². The third-order valence-corrected chi connectivity index (χ3v) is 2.34. The van der Waals surface area contributed by atoms with E-state index in [1.54, 1.807) is 0 Å². The molecule has 2 rings (SSSR count). The van der Waals surface area contributed by atoms with E-state index in [1.807, 2.05) is 19.2 Å². The monoisotopic (exact) mass is 332 g/mol. The predicted molar refractivity (Wildman–Crippen MR) is 76.1 cm³/mol. The van der Waals surface area contributed by atoms with Gasteiger partial charge in [0.05, 0.1) is 6.54 Å². The molecule has 0 saturated heterocycles. The minimum absolute atomic E-state index is 0. The minimum atomic E-state index is 0. The zero-order valence-corrected chi connectivity index (χ0v) is 11.9. The normalized spacial score (nSPS) is 18.4. The molecule has 2 heterocycles. The molecule has 1 aliphatic heterocycles. The van der Waals surface area contributed by atoms with Crippen LogP contribution in [0.4, 0.5) is 0 Å². The highest BCUT2D eigenvalue weighted by Crippen LogP contribution is 1.99. The summed E-state index contributed by atoms with van der Waals surface area (Å²) < 4.78 is 0. The van der Waals surface area contributed by atoms with Crippen LogP contribution in [0.3, 0.4) is 0 Å². The Morgan fingerprint density at radius 3 is 2.88 bits per heavy atom. The smallest absolute Gasteiger partial charge is 0.191 e. The summed E-state index contributed by atoms with van der Waals surface area (Å²) in [6.07, 6.45) is 1.89. The molecule has 0 bridgehead atoms. The first-order chi connectivity index (χ1) is 7.24. The number of aromatic nitrogens is 1. The number of halogens is 1. The summed E-state index contributed by atoms with van der Waals surface area (Å²) in [5.41, 5.74) is 2.22. The third-order valence-electron chi connectivity index (χ3n) is 2.34. The second kappa shape index (κ2) is 6.03. The number of nitrogens with zero attached hydrogens (tertiary/aromatic N) is 2. The van der Waals surface area contributed by atoms with E-state index in [9.17, 15) is 0 Å². The minimum Gasteiger partial charge on any atom is -0.352 e. The van der Waals surface area contributed by atoms with Gasteiger partial charge in [-0.15, -0.1) is 24.0 Å². The second-order valence-corrected chi connectivity index (χ2v) is 3.90. The Labute approximate surface area is 113 Å². The maximum Gasteiger partial charge on any atom is 0.191 e. The molecule has 0 aliphatic carbocycles. The van der Waals surface area contributed by atoms with E-state index < -0.39 is 0 Å². The molecule has 0 radical (unpaired) electrons. The van der Waals surface area contributed by atoms with Crippen molar-refractivity contribution in [2.75, 3.05) is 6.54 Å². The summed E-state index contributed by atoms with van der Waals surface area (Å²) in [6, 6.07) is 4.54. The zero-order valence-electron chi connectivity index (χ0n) is 9.53. The number of hydrogen-bond donors (Lipinski definition) is 2. The highest BCUT2D eigenvalue weighted by Gasteiger charge is 2.11. The van der Waals surface area contributed by atoms with Crippen molar-refractivity contribution in [2.45, 2.75) is 26.4 Å². The Balaban J connectivity index is 0.00000128. The van der Waals surface area contributed by atoms with Gasteiger partial charge in [0.25, 0.3) is 0 Å². The van der Waals surface area contributed by atoms with Crippen molar-refractivity contribution in [1.29, 1.82) is 0 Å². The van der Waals surface area contributed by atoms with Gasteiger partial charge in [-0.1, -0.05) is 6.07 Å². The van der Waals surface area contributed by atoms with Crippen LogP contribution in [-0.2, 0) is 6.54 Å². The van der Waals surface area contributed by atoms with E-state index in [4.69, 9.17) is 0 Å². The van der Waals surface area contributed by atoms with Gasteiger partial charge >= 0.3 is 0 Å². The summed E-state index contributed by atoms with van der Waals surface area (Å²) in [5.74, 6) is 0.892. The molecule has 1 atom stereocenters. The summed E-state index contributed by atoms with van der Waals surface area (Å²) >= 11 is 0. The third kappa shape index (κ3) is 3.62. The molecule has 0 saturated carbocycles. The van der Waals surface area contributed by atoms with Crippen LogP contribution in [0.25, 0.3) is 0 Å². The van der Waals surface area contributed by atoms with Crippen molar-refractivity contribution in [2.24, 2.45) is 4.99 Å². The maximum absolute atomic E-state index is 4.32. The Morgan fingerprint density at radius 2 is 2.31 bits per heavy atom. The van der Waals surface area contributed by atoms with Gasteiger partial charge in [-0.3, -0.25) is 9.98 Å². The summed E-state index contributed by atoms with van der Waals surface area (Å²) in [5, 5.41) is 6.50. The number of rotatable bonds is 2. The standard InChI is InChI=1S/C11H16N4.HI/c1-8-3-4-10(6-12-8)7-14-11-13-5-9(2)15-11;/h3-4,6,9H,5,7H2,1-2H3,(H2,13,14,15);1H. The van der Waals surface area contributed by atoms with Crippen LogP contribution in [0.1, 0.15) is 18.2 Å². The van der Waals surface area contributed by atoms with E-state index >= 15 is 0 Å². The van der Waals surface area contributed by atoms with Crippen LogP contribution in [0.2, 0.25) is 0 Å². The lowest BCUT2D eigenvalue weighted by Gasteiger charge is -2.08. The number of guanidine groups is 1. The lowest BCUT2D eigenvalue weighted by atomic mass is 10.2. The fourth-order valence-electron chi connectivity index (χ4n) is 1.45. The Hall–Kier alpha value is -0.850. The summed E-state index contributed by atoms with van der Waals surface area (Å²) in [4.78, 5) is 8.56. The molecular weight excluding hydrogens is 315 g/mol. The molecule has 0 spiro atoms. The van der Waals surface area contributed by atoms with Crippen molar-refractivity contribution >= 4 is 29.9 Å². The fraction of sp³-hybridized carbons (Fsp3) is 0.455. The van der Waals surface area contributed by atoms with Gasteiger partial charge in [-0.2, -0.15) is 0 Å². The van der Waals surface area contributed by atoms with Crippen molar-refractivity contribution in [3.63, 3.8) is 0 Å². The predicted octanol–water partition coefficient (Wildman–Crippen LogP) is 1.45. The highest BCUT2D eigenvalue weighted by molar-refractivity contribution is 14.0. The Bertz CT molecular complexity index is 361. The first-order valence-corrected chi connectivity index (χ1v) is 5.20. The molecule has 88 valence electrons. The highest BCUT2D eigenvalue weighted by atomic mass is 127. The van der Waals surface area contributed by atoms with Gasteiger partial charge in [0, 0.05) is 24.5 Å². The van der Waals surface area contributed by atoms with E-state index in [0.717, 1.165) is 24.7 Å². The average molecular weight is 332 g/mol. The molecule has 0 aromatic carbocycles.